The standard InChI is InChI=1S/C14H16O5S/c15-12(11-4-2-1-3-5-11)10-20(8-6-13(16)17)9-7-14(18)19/h1-5H,6-10H2,(H-,16,17,18,19)/p+1. The van der Waals surface area contributed by atoms with Gasteiger partial charge in [-0.25, -0.2) is 0 Å². The molecule has 1 aromatic rings. The maximum absolute atomic E-state index is 12.1. The van der Waals surface area contributed by atoms with Crippen LogP contribution in [0.2, 0.25) is 0 Å². The summed E-state index contributed by atoms with van der Waals surface area (Å²) < 4.78 is 0. The van der Waals surface area contributed by atoms with Crippen molar-refractivity contribution in [2.45, 2.75) is 12.8 Å². The Balaban J connectivity index is 2.60. The van der Waals surface area contributed by atoms with Crippen molar-refractivity contribution in [3.63, 3.8) is 0 Å². The number of aliphatic carboxylic acids is 2. The van der Waals surface area contributed by atoms with Crippen molar-refractivity contribution in [2.24, 2.45) is 0 Å². The molecule has 0 amide bonds. The van der Waals surface area contributed by atoms with Gasteiger partial charge in [0.15, 0.2) is 5.75 Å². The zero-order chi connectivity index (χ0) is 15.0. The molecule has 0 unspecified atom stereocenters. The van der Waals surface area contributed by atoms with Gasteiger partial charge in [0.2, 0.25) is 5.78 Å². The summed E-state index contributed by atoms with van der Waals surface area (Å²) in [4.78, 5) is 33.3. The second-order valence-corrected chi connectivity index (χ2v) is 6.57. The topological polar surface area (TPSA) is 91.7 Å². The van der Waals surface area contributed by atoms with Gasteiger partial charge < -0.3 is 10.2 Å². The summed E-state index contributed by atoms with van der Waals surface area (Å²) in [5.74, 6) is -1.01. The SMILES string of the molecule is O=C(O)CC[S+](CCC(=O)O)CC(=O)c1ccccc1. The molecule has 2 N–H and O–H groups in total. The number of ketones is 1. The van der Waals surface area contributed by atoms with Crippen LogP contribution in [0.3, 0.4) is 0 Å². The van der Waals surface area contributed by atoms with Crippen molar-refractivity contribution in [2.75, 3.05) is 17.3 Å². The molecule has 108 valence electrons. The van der Waals surface area contributed by atoms with Gasteiger partial charge in [0.05, 0.1) is 12.8 Å². The molecular weight excluding hydrogens is 280 g/mol. The van der Waals surface area contributed by atoms with Crippen LogP contribution in [0.1, 0.15) is 23.2 Å². The molecule has 0 saturated carbocycles. The molecular formula is C14H17O5S+. The van der Waals surface area contributed by atoms with E-state index in [1.165, 1.54) is 0 Å². The van der Waals surface area contributed by atoms with Gasteiger partial charge in [0.25, 0.3) is 0 Å². The smallest absolute Gasteiger partial charge is 0.308 e. The molecule has 0 spiro atoms. The van der Waals surface area contributed by atoms with Crippen molar-refractivity contribution in [3.05, 3.63) is 35.9 Å². The average molecular weight is 297 g/mol. The molecule has 1 rings (SSSR count). The Kier molecular flexibility index (Phi) is 6.79. The normalized spacial score (nSPS) is 10.4. The van der Waals surface area contributed by atoms with E-state index in [1.807, 2.05) is 6.07 Å². The first-order valence-corrected chi connectivity index (χ1v) is 7.88. The maximum atomic E-state index is 12.1. The quantitative estimate of drug-likeness (QED) is 0.531. The van der Waals surface area contributed by atoms with Crippen LogP contribution in [-0.4, -0.2) is 45.2 Å². The van der Waals surface area contributed by atoms with Crippen LogP contribution >= 0.6 is 0 Å². The molecule has 0 aliphatic rings. The molecule has 0 atom stereocenters. The largest absolute Gasteiger partial charge is 0.481 e. The zero-order valence-electron chi connectivity index (χ0n) is 10.9. The second-order valence-electron chi connectivity index (χ2n) is 4.24. The lowest BCUT2D eigenvalue weighted by molar-refractivity contribution is -0.137. The van der Waals surface area contributed by atoms with Gasteiger partial charge in [0.1, 0.15) is 11.5 Å². The average Bonchev–Trinajstić information content (AvgIpc) is 2.42. The van der Waals surface area contributed by atoms with Gasteiger partial charge >= 0.3 is 11.9 Å². The van der Waals surface area contributed by atoms with Crippen LogP contribution in [0.4, 0.5) is 0 Å². The summed E-state index contributed by atoms with van der Waals surface area (Å²) in [7, 11) is -0.507. The molecule has 0 aliphatic carbocycles. The lowest BCUT2D eigenvalue weighted by atomic mass is 10.2. The van der Waals surface area contributed by atoms with E-state index >= 15 is 0 Å². The van der Waals surface area contributed by atoms with Crippen molar-refractivity contribution < 1.29 is 24.6 Å². The number of carbonyl (C=O) groups excluding carboxylic acids is 1. The summed E-state index contributed by atoms with van der Waals surface area (Å²) >= 11 is 0. The van der Waals surface area contributed by atoms with E-state index in [0.717, 1.165) is 0 Å². The molecule has 0 fully saturated rings. The Morgan fingerprint density at radius 3 is 1.85 bits per heavy atom. The van der Waals surface area contributed by atoms with Crippen LogP contribution in [0.15, 0.2) is 30.3 Å². The minimum absolute atomic E-state index is 0.0369. The number of carbonyl (C=O) groups is 3. The van der Waals surface area contributed by atoms with Gasteiger partial charge in [-0.1, -0.05) is 30.3 Å². The Bertz CT molecular complexity index is 454. The van der Waals surface area contributed by atoms with Gasteiger partial charge in [-0.05, 0) is 10.9 Å². The van der Waals surface area contributed by atoms with Gasteiger partial charge in [-0.15, -0.1) is 0 Å². The summed E-state index contributed by atoms with van der Waals surface area (Å²) in [5, 5.41) is 17.4. The van der Waals surface area contributed by atoms with E-state index in [1.54, 1.807) is 24.3 Å². The Hall–Kier alpha value is -1.82. The highest BCUT2D eigenvalue weighted by Gasteiger charge is 2.25. The molecule has 0 heterocycles. The number of carboxylic acids is 2. The van der Waals surface area contributed by atoms with E-state index in [-0.39, 0.29) is 24.4 Å². The van der Waals surface area contributed by atoms with Gasteiger partial charge in [0, 0.05) is 5.56 Å². The van der Waals surface area contributed by atoms with Crippen LogP contribution in [0.25, 0.3) is 0 Å². The fraction of sp³-hybridized carbons (Fsp3) is 0.357. The molecule has 1 aromatic carbocycles. The minimum atomic E-state index is -0.926. The monoisotopic (exact) mass is 297 g/mol. The fourth-order valence-electron chi connectivity index (χ4n) is 1.60. The lowest BCUT2D eigenvalue weighted by Gasteiger charge is -2.06. The maximum Gasteiger partial charge on any atom is 0.308 e. The zero-order valence-corrected chi connectivity index (χ0v) is 11.8. The number of benzene rings is 1. The van der Waals surface area contributed by atoms with Crippen LogP contribution in [-0.2, 0) is 20.5 Å². The third kappa shape index (κ3) is 6.38. The fourth-order valence-corrected chi connectivity index (χ4v) is 3.56. The molecule has 0 radical (unpaired) electrons. The Morgan fingerprint density at radius 2 is 1.40 bits per heavy atom. The molecule has 0 saturated heterocycles. The van der Waals surface area contributed by atoms with Crippen molar-refractivity contribution in [3.8, 4) is 0 Å². The van der Waals surface area contributed by atoms with Gasteiger partial charge in [-0.3, -0.25) is 14.4 Å². The molecule has 0 aliphatic heterocycles. The highest BCUT2D eigenvalue weighted by molar-refractivity contribution is 7.97. The summed E-state index contributed by atoms with van der Waals surface area (Å²) in [5.41, 5.74) is 0.579. The van der Waals surface area contributed by atoms with Gasteiger partial charge in [-0.2, -0.15) is 0 Å². The summed E-state index contributed by atoms with van der Waals surface area (Å²) in [6, 6.07) is 8.75. The number of Topliss-reactive ketones (excluding diaryl/α,β-unsaturated/α-hetero) is 1. The van der Waals surface area contributed by atoms with E-state index < -0.39 is 22.8 Å². The number of hydrogen-bond acceptors (Lipinski definition) is 3. The van der Waals surface area contributed by atoms with Crippen molar-refractivity contribution in [1.29, 1.82) is 0 Å². The first-order chi connectivity index (χ1) is 9.49. The first-order valence-electron chi connectivity index (χ1n) is 6.15. The summed E-state index contributed by atoms with van der Waals surface area (Å²) in [6.07, 6.45) is -0.0738. The molecule has 5 nitrogen and oxygen atoms in total. The van der Waals surface area contributed by atoms with Crippen molar-refractivity contribution in [1.82, 2.24) is 0 Å². The number of hydrogen-bond donors (Lipinski definition) is 2. The Morgan fingerprint density at radius 1 is 0.900 bits per heavy atom. The third-order valence-electron chi connectivity index (χ3n) is 2.64. The molecule has 0 aromatic heterocycles. The second kappa shape index (κ2) is 8.37. The Labute approximate surface area is 120 Å². The van der Waals surface area contributed by atoms with Crippen LogP contribution in [0, 0.1) is 0 Å². The predicted octanol–water partition coefficient (Wildman–Crippen LogP) is 1.44. The molecule has 20 heavy (non-hydrogen) atoms. The lowest BCUT2D eigenvalue weighted by Crippen LogP contribution is -2.25. The summed E-state index contributed by atoms with van der Waals surface area (Å²) in [6.45, 7) is 0. The van der Waals surface area contributed by atoms with E-state index in [2.05, 4.69) is 0 Å². The van der Waals surface area contributed by atoms with Crippen LogP contribution in [0.5, 0.6) is 0 Å². The predicted molar refractivity (Wildman–Crippen MR) is 77.2 cm³/mol. The first kappa shape index (κ1) is 16.2. The molecule has 6 heteroatoms. The number of rotatable bonds is 9. The molecule has 0 bridgehead atoms. The van der Waals surface area contributed by atoms with E-state index in [4.69, 9.17) is 10.2 Å². The highest BCUT2D eigenvalue weighted by Crippen LogP contribution is 2.08. The van der Waals surface area contributed by atoms with E-state index in [0.29, 0.717) is 17.1 Å². The van der Waals surface area contributed by atoms with E-state index in [9.17, 15) is 14.4 Å². The highest BCUT2D eigenvalue weighted by atomic mass is 32.2. The minimum Gasteiger partial charge on any atom is -0.481 e. The van der Waals surface area contributed by atoms with Crippen LogP contribution < -0.4 is 0 Å². The number of carboxylic acid groups (broad SMARTS) is 2. The van der Waals surface area contributed by atoms with Crippen molar-refractivity contribution >= 4 is 28.6 Å². The third-order valence-corrected chi connectivity index (χ3v) is 4.87.